The fourth-order valence-corrected chi connectivity index (χ4v) is 2.86. The minimum atomic E-state index is 0. The second-order valence-electron chi connectivity index (χ2n) is 6.88. The second kappa shape index (κ2) is 12.5. The highest BCUT2D eigenvalue weighted by molar-refractivity contribution is 14.0. The number of hydrogen-bond donors (Lipinski definition) is 2. The van der Waals surface area contributed by atoms with Crippen LogP contribution >= 0.6 is 24.0 Å². The molecule has 0 bridgehead atoms. The molecule has 0 aliphatic rings. The summed E-state index contributed by atoms with van der Waals surface area (Å²) >= 11 is 0. The highest BCUT2D eigenvalue weighted by Crippen LogP contribution is 2.21. The molecule has 2 N–H and O–H groups in total. The van der Waals surface area contributed by atoms with Crippen LogP contribution in [0.1, 0.15) is 30.4 Å². The minimum Gasteiger partial charge on any atom is -0.497 e. The molecule has 0 aromatic heterocycles. The normalized spacial score (nSPS) is 12.0. The Labute approximate surface area is 186 Å². The Hall–Kier alpha value is -1.96. The molecule has 5 nitrogen and oxygen atoms in total. The lowest BCUT2D eigenvalue weighted by atomic mass is 9.98. The van der Waals surface area contributed by atoms with Crippen molar-refractivity contribution in [3.05, 3.63) is 59.7 Å². The predicted molar refractivity (Wildman–Crippen MR) is 130 cm³/mol. The number of guanidine groups is 1. The van der Waals surface area contributed by atoms with Crippen LogP contribution in [-0.4, -0.2) is 40.8 Å². The highest BCUT2D eigenvalue weighted by Gasteiger charge is 2.06. The van der Waals surface area contributed by atoms with Crippen molar-refractivity contribution >= 4 is 35.6 Å². The summed E-state index contributed by atoms with van der Waals surface area (Å²) in [5.41, 5.74) is 3.75. The molecular weight excluding hydrogens is 463 g/mol. The lowest BCUT2D eigenvalue weighted by Crippen LogP contribution is -2.37. The van der Waals surface area contributed by atoms with Gasteiger partial charge in [-0.05, 0) is 47.7 Å². The molecule has 28 heavy (non-hydrogen) atoms. The van der Waals surface area contributed by atoms with Crippen LogP contribution < -0.4 is 20.3 Å². The van der Waals surface area contributed by atoms with Gasteiger partial charge >= 0.3 is 0 Å². The summed E-state index contributed by atoms with van der Waals surface area (Å²) in [7, 11) is 7.60. The van der Waals surface area contributed by atoms with Crippen LogP contribution in [0.15, 0.2) is 53.5 Å². The number of hydrogen-bond acceptors (Lipinski definition) is 3. The molecule has 0 radical (unpaired) electrons. The van der Waals surface area contributed by atoms with Crippen LogP contribution in [0.4, 0.5) is 5.69 Å². The van der Waals surface area contributed by atoms with E-state index in [1.807, 2.05) is 12.1 Å². The maximum Gasteiger partial charge on any atom is 0.191 e. The molecule has 0 amide bonds. The zero-order chi connectivity index (χ0) is 19.6. The summed E-state index contributed by atoms with van der Waals surface area (Å²) in [4.78, 5) is 6.43. The number of rotatable bonds is 8. The summed E-state index contributed by atoms with van der Waals surface area (Å²) in [6.07, 6.45) is 1.03. The first-order valence-corrected chi connectivity index (χ1v) is 9.38. The molecule has 6 heteroatoms. The van der Waals surface area contributed by atoms with Crippen LogP contribution in [0.25, 0.3) is 0 Å². The van der Waals surface area contributed by atoms with Crippen molar-refractivity contribution in [1.82, 2.24) is 10.6 Å². The first-order valence-electron chi connectivity index (χ1n) is 9.38. The predicted octanol–water partition coefficient (Wildman–Crippen LogP) is 4.24. The van der Waals surface area contributed by atoms with Gasteiger partial charge in [0.2, 0.25) is 0 Å². The third-order valence-electron chi connectivity index (χ3n) is 4.67. The van der Waals surface area contributed by atoms with Gasteiger partial charge < -0.3 is 20.3 Å². The number of anilines is 1. The summed E-state index contributed by atoms with van der Waals surface area (Å²) < 4.78 is 5.22. The van der Waals surface area contributed by atoms with E-state index in [0.29, 0.717) is 5.92 Å². The third-order valence-corrected chi connectivity index (χ3v) is 4.67. The number of methoxy groups -OCH3 is 1. The van der Waals surface area contributed by atoms with Crippen LogP contribution in [0.5, 0.6) is 5.75 Å². The maximum atomic E-state index is 5.22. The molecule has 2 aromatic rings. The van der Waals surface area contributed by atoms with Gasteiger partial charge in [-0.1, -0.05) is 31.2 Å². The van der Waals surface area contributed by atoms with E-state index >= 15 is 0 Å². The molecular formula is C22H33IN4O. The van der Waals surface area contributed by atoms with Crippen molar-refractivity contribution in [3.8, 4) is 5.75 Å². The zero-order valence-corrected chi connectivity index (χ0v) is 19.9. The molecule has 0 fully saturated rings. The Morgan fingerprint density at radius 3 is 2.43 bits per heavy atom. The van der Waals surface area contributed by atoms with Gasteiger partial charge in [-0.2, -0.15) is 0 Å². The number of aliphatic imine (C=N–C) groups is 1. The molecule has 0 spiro atoms. The Kier molecular flexibility index (Phi) is 10.7. The second-order valence-corrected chi connectivity index (χ2v) is 6.88. The molecule has 154 valence electrons. The van der Waals surface area contributed by atoms with E-state index in [-0.39, 0.29) is 24.0 Å². The standard InChI is InChI=1S/C22H32N4O.HI/c1-17(19-9-11-21(27-5)12-10-19)13-14-24-22(23-2)25-16-18-7-6-8-20(15-18)26(3)4;/h6-12,15,17H,13-14,16H2,1-5H3,(H2,23,24,25);1H. The number of nitrogens with zero attached hydrogens (tertiary/aromatic N) is 2. The summed E-state index contributed by atoms with van der Waals surface area (Å²) in [5, 5.41) is 6.79. The Morgan fingerprint density at radius 1 is 1.11 bits per heavy atom. The fraction of sp³-hybridized carbons (Fsp3) is 0.409. The van der Waals surface area contributed by atoms with Crippen molar-refractivity contribution < 1.29 is 4.74 Å². The first-order chi connectivity index (χ1) is 13.0. The van der Waals surface area contributed by atoms with Gasteiger partial charge in [-0.25, -0.2) is 0 Å². The summed E-state index contributed by atoms with van der Waals surface area (Å²) in [5.74, 6) is 2.19. The van der Waals surface area contributed by atoms with Crippen LogP contribution in [0.2, 0.25) is 0 Å². The number of ether oxygens (including phenoxy) is 1. The van der Waals surface area contributed by atoms with Gasteiger partial charge in [-0.15, -0.1) is 24.0 Å². The van der Waals surface area contributed by atoms with E-state index in [1.165, 1.54) is 16.8 Å². The number of benzene rings is 2. The molecule has 0 saturated carbocycles. The SMILES string of the molecule is CN=C(NCCC(C)c1ccc(OC)cc1)NCc1cccc(N(C)C)c1.I. The van der Waals surface area contributed by atoms with E-state index in [4.69, 9.17) is 4.74 Å². The van der Waals surface area contributed by atoms with Crippen LogP contribution in [-0.2, 0) is 6.54 Å². The van der Waals surface area contributed by atoms with E-state index < -0.39 is 0 Å². The maximum absolute atomic E-state index is 5.22. The van der Waals surface area contributed by atoms with Crippen LogP contribution in [0, 0.1) is 0 Å². The lowest BCUT2D eigenvalue weighted by molar-refractivity contribution is 0.414. The van der Waals surface area contributed by atoms with E-state index in [0.717, 1.165) is 31.2 Å². The van der Waals surface area contributed by atoms with Gasteiger partial charge in [0.05, 0.1) is 7.11 Å². The third kappa shape index (κ3) is 7.58. The molecule has 0 aliphatic heterocycles. The number of halogens is 1. The van der Waals surface area contributed by atoms with Gasteiger partial charge in [0, 0.05) is 39.9 Å². The van der Waals surface area contributed by atoms with E-state index in [2.05, 4.69) is 77.9 Å². The quantitative estimate of drug-likeness (QED) is 0.326. The van der Waals surface area contributed by atoms with Gasteiger partial charge in [-0.3, -0.25) is 4.99 Å². The lowest BCUT2D eigenvalue weighted by Gasteiger charge is -2.17. The molecule has 0 heterocycles. The van der Waals surface area contributed by atoms with Crippen molar-refractivity contribution in [2.75, 3.05) is 39.7 Å². The van der Waals surface area contributed by atoms with Crippen molar-refractivity contribution in [1.29, 1.82) is 0 Å². The Morgan fingerprint density at radius 2 is 1.82 bits per heavy atom. The first kappa shape index (κ1) is 24.1. The smallest absolute Gasteiger partial charge is 0.191 e. The van der Waals surface area contributed by atoms with Crippen molar-refractivity contribution in [2.45, 2.75) is 25.8 Å². The molecule has 2 rings (SSSR count). The average Bonchev–Trinajstić information content (AvgIpc) is 2.70. The molecule has 2 aromatic carbocycles. The van der Waals surface area contributed by atoms with Gasteiger partial charge in [0.1, 0.15) is 5.75 Å². The topological polar surface area (TPSA) is 48.9 Å². The largest absolute Gasteiger partial charge is 0.497 e. The molecule has 1 atom stereocenters. The van der Waals surface area contributed by atoms with Crippen molar-refractivity contribution in [3.63, 3.8) is 0 Å². The highest BCUT2D eigenvalue weighted by atomic mass is 127. The van der Waals surface area contributed by atoms with Gasteiger partial charge in [0.15, 0.2) is 5.96 Å². The monoisotopic (exact) mass is 496 g/mol. The average molecular weight is 496 g/mol. The van der Waals surface area contributed by atoms with Crippen LogP contribution in [0.3, 0.4) is 0 Å². The Bertz CT molecular complexity index is 732. The molecule has 1 unspecified atom stereocenters. The fourth-order valence-electron chi connectivity index (χ4n) is 2.86. The molecule has 0 saturated heterocycles. The summed E-state index contributed by atoms with van der Waals surface area (Å²) in [6.45, 7) is 3.85. The van der Waals surface area contributed by atoms with E-state index in [1.54, 1.807) is 14.2 Å². The van der Waals surface area contributed by atoms with Crippen molar-refractivity contribution in [2.24, 2.45) is 4.99 Å². The van der Waals surface area contributed by atoms with Gasteiger partial charge in [0.25, 0.3) is 0 Å². The zero-order valence-electron chi connectivity index (χ0n) is 17.5. The number of nitrogens with one attached hydrogen (secondary N) is 2. The molecule has 0 aliphatic carbocycles. The Balaban J connectivity index is 0.00000392. The summed E-state index contributed by atoms with van der Waals surface area (Å²) in [6, 6.07) is 16.8. The van der Waals surface area contributed by atoms with E-state index in [9.17, 15) is 0 Å². The minimum absolute atomic E-state index is 0.